The first-order valence-electron chi connectivity index (χ1n) is 11.2. The van der Waals surface area contributed by atoms with Gasteiger partial charge in [0.1, 0.15) is 17.4 Å². The first-order chi connectivity index (χ1) is 16.8. The van der Waals surface area contributed by atoms with Crippen molar-refractivity contribution in [3.63, 3.8) is 0 Å². The molecule has 1 saturated heterocycles. The number of nitriles is 1. The molecule has 3 aromatic rings. The summed E-state index contributed by atoms with van der Waals surface area (Å²) in [5, 5.41) is 14.0. The fraction of sp³-hybridized carbons (Fsp3) is 0.360. The molecule has 2 aromatic heterocycles. The number of rotatable bonds is 6. The summed E-state index contributed by atoms with van der Waals surface area (Å²) in [6.45, 7) is 1.27. The Hall–Kier alpha value is -3.12. The van der Waals surface area contributed by atoms with Gasteiger partial charge in [-0.05, 0) is 42.7 Å². The average molecular weight is 512 g/mol. The molecule has 2 aliphatic rings. The zero-order valence-corrected chi connectivity index (χ0v) is 20.5. The van der Waals surface area contributed by atoms with Crippen molar-refractivity contribution < 1.29 is 14.3 Å². The van der Waals surface area contributed by atoms with E-state index in [9.17, 15) is 14.9 Å². The molecule has 1 atom stereocenters. The van der Waals surface area contributed by atoms with Gasteiger partial charge in [0.15, 0.2) is 0 Å². The number of nitrogens with one attached hydrogen (secondary N) is 2. The quantitative estimate of drug-likeness (QED) is 0.523. The lowest BCUT2D eigenvalue weighted by Gasteiger charge is -2.58. The number of halogens is 2. The smallest absolute Gasteiger partial charge is 0.268 e. The molecular formula is C25H23Cl2N5O3. The number of pyridine rings is 1. The van der Waals surface area contributed by atoms with Crippen LogP contribution in [0.15, 0.2) is 36.5 Å². The molecule has 2 fully saturated rings. The third-order valence-electron chi connectivity index (χ3n) is 6.92. The van der Waals surface area contributed by atoms with Crippen molar-refractivity contribution >= 4 is 46.0 Å². The third kappa shape index (κ3) is 4.59. The highest BCUT2D eigenvalue weighted by atomic mass is 35.5. The first kappa shape index (κ1) is 23.6. The summed E-state index contributed by atoms with van der Waals surface area (Å²) in [5.74, 6) is -0.621. The summed E-state index contributed by atoms with van der Waals surface area (Å²) in [6.07, 6.45) is 3.78. The lowest BCUT2D eigenvalue weighted by molar-refractivity contribution is -0.168. The molecule has 1 saturated carbocycles. The molecule has 2 N–H and O–H groups in total. The monoisotopic (exact) mass is 511 g/mol. The Labute approximate surface area is 212 Å². The fourth-order valence-electron chi connectivity index (χ4n) is 5.07. The van der Waals surface area contributed by atoms with Gasteiger partial charge < -0.3 is 19.9 Å². The third-order valence-corrected chi connectivity index (χ3v) is 7.36. The van der Waals surface area contributed by atoms with Gasteiger partial charge in [-0.15, -0.1) is 0 Å². The van der Waals surface area contributed by atoms with Crippen molar-refractivity contribution in [2.24, 2.45) is 5.41 Å². The van der Waals surface area contributed by atoms with Gasteiger partial charge in [-0.1, -0.05) is 29.3 Å². The highest BCUT2D eigenvalue weighted by Gasteiger charge is 2.54. The summed E-state index contributed by atoms with van der Waals surface area (Å²) in [5.41, 5.74) is 1.92. The normalized spacial score (nSPS) is 17.5. The van der Waals surface area contributed by atoms with Crippen molar-refractivity contribution in [3.8, 4) is 6.07 Å². The van der Waals surface area contributed by atoms with Crippen LogP contribution < -0.4 is 5.32 Å². The largest absolute Gasteiger partial charge is 0.381 e. The molecule has 0 bridgehead atoms. The first-order valence-corrected chi connectivity index (χ1v) is 12.0. The standard InChI is InChI=1S/C25H23Cl2N5O3/c1-35-19-8-25(9-19)12-32(13-25)24(34)21(6-14-2-3-17(26)5-16(14)10-28)31-23(33)20-7-15-4-18(27)11-29-22(15)30-20/h2-5,7,11,19,21H,6,8-9,12-13H2,1H3,(H,29,30)(H,31,33). The zero-order chi connectivity index (χ0) is 24.7. The van der Waals surface area contributed by atoms with E-state index in [2.05, 4.69) is 21.4 Å². The minimum atomic E-state index is -0.852. The van der Waals surface area contributed by atoms with E-state index in [0.717, 1.165) is 12.8 Å². The number of aromatic nitrogens is 2. The molecule has 1 spiro atoms. The maximum absolute atomic E-state index is 13.5. The number of H-pyrrole nitrogens is 1. The number of benzene rings is 1. The zero-order valence-electron chi connectivity index (χ0n) is 19.0. The van der Waals surface area contributed by atoms with Crippen LogP contribution in [0, 0.1) is 16.7 Å². The Morgan fingerprint density at radius 3 is 2.77 bits per heavy atom. The predicted octanol–water partition coefficient (Wildman–Crippen LogP) is 3.72. The number of methoxy groups -OCH3 is 1. The van der Waals surface area contributed by atoms with Gasteiger partial charge in [-0.25, -0.2) is 4.98 Å². The molecule has 5 rings (SSSR count). The van der Waals surface area contributed by atoms with Crippen LogP contribution in [0.5, 0.6) is 0 Å². The van der Waals surface area contributed by atoms with Crippen LogP contribution in [0.3, 0.4) is 0 Å². The summed E-state index contributed by atoms with van der Waals surface area (Å²) in [4.78, 5) is 35.6. The van der Waals surface area contributed by atoms with Gasteiger partial charge in [-0.2, -0.15) is 5.26 Å². The molecule has 1 unspecified atom stereocenters. The molecule has 8 nitrogen and oxygen atoms in total. The Morgan fingerprint density at radius 1 is 1.29 bits per heavy atom. The van der Waals surface area contributed by atoms with Gasteiger partial charge in [-0.3, -0.25) is 9.59 Å². The van der Waals surface area contributed by atoms with Crippen molar-refractivity contribution in [2.45, 2.75) is 31.4 Å². The van der Waals surface area contributed by atoms with Gasteiger partial charge in [0.2, 0.25) is 5.91 Å². The van der Waals surface area contributed by atoms with E-state index in [4.69, 9.17) is 27.9 Å². The number of hydrogen-bond donors (Lipinski definition) is 2. The molecule has 10 heteroatoms. The van der Waals surface area contributed by atoms with Gasteiger partial charge >= 0.3 is 0 Å². The number of fused-ring (bicyclic) bond motifs is 1. The summed E-state index contributed by atoms with van der Waals surface area (Å²) in [7, 11) is 1.71. The van der Waals surface area contributed by atoms with Crippen LogP contribution >= 0.6 is 23.2 Å². The molecular weight excluding hydrogens is 489 g/mol. The number of likely N-dealkylation sites (tertiary alicyclic amines) is 1. The Bertz CT molecular complexity index is 1350. The van der Waals surface area contributed by atoms with E-state index in [1.54, 1.807) is 42.3 Å². The number of hydrogen-bond acceptors (Lipinski definition) is 5. The second-order valence-electron chi connectivity index (χ2n) is 9.38. The summed E-state index contributed by atoms with van der Waals surface area (Å²) < 4.78 is 5.39. The highest BCUT2D eigenvalue weighted by molar-refractivity contribution is 6.31. The van der Waals surface area contributed by atoms with E-state index in [1.165, 1.54) is 6.20 Å². The van der Waals surface area contributed by atoms with Crippen LogP contribution in [0.2, 0.25) is 10.0 Å². The molecule has 2 amide bonds. The number of carbonyl (C=O) groups excluding carboxylic acids is 2. The topological polar surface area (TPSA) is 111 Å². The fourth-order valence-corrected chi connectivity index (χ4v) is 5.41. The maximum Gasteiger partial charge on any atom is 0.268 e. The van der Waals surface area contributed by atoms with E-state index in [0.29, 0.717) is 45.3 Å². The van der Waals surface area contributed by atoms with Crippen molar-refractivity contribution in [3.05, 3.63) is 63.4 Å². The number of ether oxygens (including phenoxy) is 1. The number of nitrogens with zero attached hydrogens (tertiary/aromatic N) is 3. The molecule has 1 aliphatic carbocycles. The van der Waals surface area contributed by atoms with Crippen LogP contribution in [-0.2, 0) is 16.0 Å². The summed E-state index contributed by atoms with van der Waals surface area (Å²) >= 11 is 12.1. The second kappa shape index (κ2) is 9.15. The predicted molar refractivity (Wildman–Crippen MR) is 131 cm³/mol. The Kier molecular flexibility index (Phi) is 6.18. The van der Waals surface area contributed by atoms with Crippen LogP contribution in [0.4, 0.5) is 0 Å². The van der Waals surface area contributed by atoms with E-state index >= 15 is 0 Å². The molecule has 3 heterocycles. The van der Waals surface area contributed by atoms with Crippen molar-refractivity contribution in [1.29, 1.82) is 5.26 Å². The van der Waals surface area contributed by atoms with Gasteiger partial charge in [0, 0.05) is 48.6 Å². The lowest BCUT2D eigenvalue weighted by atomic mass is 9.61. The molecule has 180 valence electrons. The van der Waals surface area contributed by atoms with Crippen molar-refractivity contribution in [1.82, 2.24) is 20.2 Å². The number of amides is 2. The number of aromatic amines is 1. The summed E-state index contributed by atoms with van der Waals surface area (Å²) in [6, 6.07) is 9.58. The van der Waals surface area contributed by atoms with Gasteiger partial charge in [0.25, 0.3) is 5.91 Å². The molecule has 0 radical (unpaired) electrons. The number of carbonyl (C=O) groups is 2. The van der Waals surface area contributed by atoms with Crippen LogP contribution in [-0.4, -0.2) is 59.0 Å². The molecule has 35 heavy (non-hydrogen) atoms. The highest BCUT2D eigenvalue weighted by Crippen LogP contribution is 2.49. The molecule has 1 aliphatic heterocycles. The molecule has 1 aromatic carbocycles. The Morgan fingerprint density at radius 2 is 2.06 bits per heavy atom. The average Bonchev–Trinajstić information content (AvgIpc) is 3.21. The van der Waals surface area contributed by atoms with Gasteiger partial charge in [0.05, 0.1) is 22.8 Å². The van der Waals surface area contributed by atoms with Crippen molar-refractivity contribution in [2.75, 3.05) is 20.2 Å². The second-order valence-corrected chi connectivity index (χ2v) is 10.3. The van der Waals surface area contributed by atoms with E-state index < -0.39 is 11.9 Å². The lowest BCUT2D eigenvalue weighted by Crippen LogP contribution is -2.67. The van der Waals surface area contributed by atoms with Crippen LogP contribution in [0.1, 0.15) is 34.5 Å². The maximum atomic E-state index is 13.5. The van der Waals surface area contributed by atoms with E-state index in [1.807, 2.05) is 0 Å². The van der Waals surface area contributed by atoms with Crippen LogP contribution in [0.25, 0.3) is 11.0 Å². The minimum absolute atomic E-state index is 0.116. The van der Waals surface area contributed by atoms with E-state index in [-0.39, 0.29) is 29.5 Å². The minimum Gasteiger partial charge on any atom is -0.381 e. The Balaban J connectivity index is 1.36. The SMILES string of the molecule is COC1CC2(C1)CN(C(=O)C(Cc1ccc(Cl)cc1C#N)NC(=O)c1cc3cc(Cl)cnc3[nH]1)C2.